The summed E-state index contributed by atoms with van der Waals surface area (Å²) in [5.74, 6) is -3.97. The molecule has 3 rings (SSSR count). The van der Waals surface area contributed by atoms with Crippen LogP contribution in [0.2, 0.25) is 0 Å². The highest BCUT2D eigenvalue weighted by atomic mass is 16.5. The number of hydrogen-bond acceptors (Lipinski definition) is 10. The molecule has 1 aromatic carbocycles. The van der Waals surface area contributed by atoms with Gasteiger partial charge in [0.15, 0.2) is 5.78 Å². The molecule has 1 fully saturated rings. The van der Waals surface area contributed by atoms with E-state index in [9.17, 15) is 38.7 Å². The van der Waals surface area contributed by atoms with E-state index in [0.29, 0.717) is 45.1 Å². The third-order valence-electron chi connectivity index (χ3n) is 13.6. The zero-order valence-electron chi connectivity index (χ0n) is 40.1. The highest BCUT2D eigenvalue weighted by molar-refractivity contribution is 6.12. The Morgan fingerprint density at radius 3 is 2.12 bits per heavy atom. The van der Waals surface area contributed by atoms with E-state index in [1.807, 2.05) is 58.0 Å². The molecule has 0 aromatic heterocycles. The zero-order valence-corrected chi connectivity index (χ0v) is 40.1. The number of ether oxygens (including phenoxy) is 2. The lowest BCUT2D eigenvalue weighted by Gasteiger charge is -2.41. The molecule has 6 amide bonds. The molecule has 2 heterocycles. The minimum absolute atomic E-state index is 0.0348. The van der Waals surface area contributed by atoms with Gasteiger partial charge >= 0.3 is 0 Å². The van der Waals surface area contributed by atoms with Crippen LogP contribution in [0.3, 0.4) is 0 Å². The van der Waals surface area contributed by atoms with E-state index in [1.54, 1.807) is 44.7 Å². The van der Waals surface area contributed by atoms with Crippen LogP contribution in [0.5, 0.6) is 0 Å². The Hall–Kier alpha value is -4.89. The lowest BCUT2D eigenvalue weighted by molar-refractivity contribution is -0.150. The molecule has 0 aliphatic carbocycles. The maximum Gasteiger partial charge on any atom is 0.253 e. The number of imide groups is 1. The normalized spacial score (nSPS) is 18.6. The molecule has 0 radical (unpaired) electrons. The first kappa shape index (κ1) is 53.4. The molecule has 8 atom stereocenters. The highest BCUT2D eigenvalue weighted by Crippen LogP contribution is 2.32. The molecule has 2 aliphatic heterocycles. The van der Waals surface area contributed by atoms with E-state index in [1.165, 1.54) is 31.3 Å². The van der Waals surface area contributed by atoms with Crippen molar-refractivity contribution in [2.24, 2.45) is 23.7 Å². The number of unbranched alkanes of at least 4 members (excludes halogenated alkanes) is 1. The van der Waals surface area contributed by atoms with Crippen molar-refractivity contribution in [2.75, 3.05) is 41.4 Å². The van der Waals surface area contributed by atoms with Gasteiger partial charge in [0, 0.05) is 72.3 Å². The molecule has 1 aromatic rings. The van der Waals surface area contributed by atoms with Crippen molar-refractivity contribution in [1.82, 2.24) is 24.9 Å². The first-order valence-electron chi connectivity index (χ1n) is 22.8. The van der Waals surface area contributed by atoms with Gasteiger partial charge in [-0.3, -0.25) is 38.5 Å². The number of nitrogens with one attached hydrogen (secondary N) is 1. The average Bonchev–Trinajstić information content (AvgIpc) is 3.88. The number of likely N-dealkylation sites (tertiary alicyclic amines) is 1. The largest absolute Gasteiger partial charge is 0.511 e. The Labute approximate surface area is 380 Å². The number of aliphatic hydroxyl groups is 1. The number of likely N-dealkylation sites (N-methyl/N-ethyl adjacent to an activating group) is 2. The van der Waals surface area contributed by atoms with Crippen molar-refractivity contribution in [3.8, 4) is 0 Å². The van der Waals surface area contributed by atoms with Crippen LogP contribution in [-0.4, -0.2) is 143 Å². The summed E-state index contributed by atoms with van der Waals surface area (Å²) in [6, 6.07) is 7.83. The van der Waals surface area contributed by atoms with E-state index in [0.717, 1.165) is 10.5 Å². The van der Waals surface area contributed by atoms with Crippen LogP contribution in [-0.2, 0) is 49.5 Å². The van der Waals surface area contributed by atoms with Crippen LogP contribution in [0, 0.1) is 23.7 Å². The van der Waals surface area contributed by atoms with E-state index in [2.05, 4.69) is 11.9 Å². The monoisotopic (exact) mass is 894 g/mol. The maximum atomic E-state index is 14.6. The molecular formula is C49H75N5O10. The summed E-state index contributed by atoms with van der Waals surface area (Å²) < 4.78 is 12.0. The molecule has 0 saturated carbocycles. The molecule has 0 bridgehead atoms. The number of Topliss-reactive ketones (excluding diaryl/α,β-unsaturated/α-hetero) is 1. The quantitative estimate of drug-likeness (QED) is 0.0707. The van der Waals surface area contributed by atoms with Crippen LogP contribution in [0.15, 0.2) is 54.8 Å². The van der Waals surface area contributed by atoms with Gasteiger partial charge in [-0.15, -0.1) is 0 Å². The third-order valence-corrected chi connectivity index (χ3v) is 13.6. The maximum absolute atomic E-state index is 14.6. The number of benzene rings is 1. The molecule has 15 heteroatoms. The number of methoxy groups -OCH3 is 2. The Morgan fingerprint density at radius 2 is 1.58 bits per heavy atom. The summed E-state index contributed by atoms with van der Waals surface area (Å²) in [5.41, 5.74) is -0.305. The fourth-order valence-corrected chi connectivity index (χ4v) is 8.89. The van der Waals surface area contributed by atoms with Crippen molar-refractivity contribution < 1.29 is 48.1 Å². The van der Waals surface area contributed by atoms with Gasteiger partial charge in [0.25, 0.3) is 11.8 Å². The zero-order chi connectivity index (χ0) is 48.1. The van der Waals surface area contributed by atoms with Gasteiger partial charge in [0.1, 0.15) is 5.76 Å². The van der Waals surface area contributed by atoms with Crippen molar-refractivity contribution in [2.45, 2.75) is 142 Å². The molecule has 0 spiro atoms. The fraction of sp³-hybridized carbons (Fsp3) is 0.653. The van der Waals surface area contributed by atoms with Gasteiger partial charge in [-0.05, 0) is 63.4 Å². The Bertz CT molecular complexity index is 1810. The topological polar surface area (TPSA) is 183 Å². The lowest BCUT2D eigenvalue weighted by atomic mass is 9.82. The number of carbonyl (C=O) groups is 7. The average molecular weight is 894 g/mol. The van der Waals surface area contributed by atoms with Gasteiger partial charge in [-0.2, -0.15) is 0 Å². The standard InChI is InChI=1S/C49H75N5O10/c1-13-32(4)45(51(9)48(62)36(31(2)3)29-40(56)49(7,8)52(10)41(57)23-17-18-26-54-42(58)24-25-43(54)59)39(63-11)30-44(60)53-27-19-22-38(53)46(64-12)33(5)47(61)50-37(34(6)55)28-35-20-15-14-16-21-35/h14-16,20-21,24-25,31-33,36-39,45-46,55H,6,13,17-19,22-23,26-30H2,1-5,7-12H3,(H,50,61)/t32-,33+,36-,37-,38-,39+,45-,46+/m0/s1. The number of ketones is 1. The van der Waals surface area contributed by atoms with Crippen molar-refractivity contribution in [3.05, 3.63) is 60.4 Å². The van der Waals surface area contributed by atoms with Crippen molar-refractivity contribution in [3.63, 3.8) is 0 Å². The minimum atomic E-state index is -1.23. The number of aliphatic hydroxyl groups excluding tert-OH is 1. The van der Waals surface area contributed by atoms with Crippen molar-refractivity contribution in [1.29, 1.82) is 0 Å². The number of hydrogen-bond donors (Lipinski definition) is 2. The molecule has 2 N–H and O–H groups in total. The summed E-state index contributed by atoms with van der Waals surface area (Å²) in [4.78, 5) is 99.6. The summed E-state index contributed by atoms with van der Waals surface area (Å²) in [6.45, 7) is 17.2. The van der Waals surface area contributed by atoms with E-state index in [-0.39, 0.29) is 84.6 Å². The molecule has 1 saturated heterocycles. The third kappa shape index (κ3) is 13.6. The predicted molar refractivity (Wildman–Crippen MR) is 244 cm³/mol. The van der Waals surface area contributed by atoms with Crippen LogP contribution in [0.4, 0.5) is 0 Å². The lowest BCUT2D eigenvalue weighted by Crippen LogP contribution is -2.55. The highest BCUT2D eigenvalue weighted by Gasteiger charge is 2.44. The SMILES string of the molecule is C=C(O)[C@H](Cc1ccccc1)NC(=O)[C@H](C)[C@@H](OC)[C@@H]1CCCN1C(=O)C[C@@H](OC)[C@H]([C@@H](C)CC)N(C)C(=O)[C@@H](CC(=O)C(C)(C)N(C)C(=O)CCCCN1C(=O)C=CC1=O)C(C)C. The minimum Gasteiger partial charge on any atom is -0.511 e. The van der Waals surface area contributed by atoms with Gasteiger partial charge in [0.2, 0.25) is 23.6 Å². The van der Waals surface area contributed by atoms with Crippen molar-refractivity contribution >= 4 is 41.2 Å². The smallest absolute Gasteiger partial charge is 0.253 e. The fourth-order valence-electron chi connectivity index (χ4n) is 8.89. The first-order chi connectivity index (χ1) is 30.1. The second kappa shape index (κ2) is 24.4. The Morgan fingerprint density at radius 1 is 0.953 bits per heavy atom. The summed E-state index contributed by atoms with van der Waals surface area (Å²) >= 11 is 0. The molecule has 64 heavy (non-hydrogen) atoms. The van der Waals surface area contributed by atoms with E-state index >= 15 is 0 Å². The second-order valence-electron chi connectivity index (χ2n) is 18.4. The number of rotatable bonds is 26. The van der Waals surface area contributed by atoms with Crippen LogP contribution < -0.4 is 5.32 Å². The van der Waals surface area contributed by atoms with Crippen LogP contribution >= 0.6 is 0 Å². The van der Waals surface area contributed by atoms with E-state index in [4.69, 9.17) is 9.47 Å². The number of nitrogens with zero attached hydrogens (tertiary/aromatic N) is 4. The summed E-state index contributed by atoms with van der Waals surface area (Å²) in [5, 5.41) is 13.3. The Kier molecular flexibility index (Phi) is 20.4. The van der Waals surface area contributed by atoms with Gasteiger partial charge in [-0.1, -0.05) is 78.0 Å². The molecule has 15 nitrogen and oxygen atoms in total. The predicted octanol–water partition coefficient (Wildman–Crippen LogP) is 5.27. The van der Waals surface area contributed by atoms with Gasteiger partial charge in [0.05, 0.1) is 48.2 Å². The molecule has 356 valence electrons. The summed E-state index contributed by atoms with van der Waals surface area (Å²) in [6.07, 6.45) is 4.30. The molecule has 2 aliphatic rings. The Balaban J connectivity index is 1.71. The van der Waals surface area contributed by atoms with Crippen LogP contribution in [0.1, 0.15) is 105 Å². The molecular weight excluding hydrogens is 819 g/mol. The first-order valence-corrected chi connectivity index (χ1v) is 22.8. The van der Waals surface area contributed by atoms with Gasteiger partial charge in [-0.25, -0.2) is 0 Å². The number of amides is 6. The van der Waals surface area contributed by atoms with Gasteiger partial charge < -0.3 is 34.6 Å². The number of carbonyl (C=O) groups excluding carboxylic acids is 7. The van der Waals surface area contributed by atoms with E-state index < -0.39 is 47.7 Å². The second-order valence-corrected chi connectivity index (χ2v) is 18.4. The molecule has 0 unspecified atom stereocenters. The van der Waals surface area contributed by atoms with Crippen LogP contribution in [0.25, 0.3) is 0 Å². The summed E-state index contributed by atoms with van der Waals surface area (Å²) in [7, 11) is 6.32.